The van der Waals surface area contributed by atoms with E-state index in [1.807, 2.05) is 44.1 Å². The van der Waals surface area contributed by atoms with E-state index in [9.17, 15) is 4.79 Å². The quantitative estimate of drug-likeness (QED) is 0.905. The highest BCUT2D eigenvalue weighted by Gasteiger charge is 2.27. The molecule has 0 spiro atoms. The van der Waals surface area contributed by atoms with Gasteiger partial charge in [0.05, 0.1) is 5.56 Å². The number of benzene rings is 1. The summed E-state index contributed by atoms with van der Waals surface area (Å²) >= 11 is 0. The molecule has 0 atom stereocenters. The van der Waals surface area contributed by atoms with E-state index in [0.717, 1.165) is 30.0 Å². The van der Waals surface area contributed by atoms with Crippen LogP contribution >= 0.6 is 0 Å². The Labute approximate surface area is 128 Å². The maximum atomic E-state index is 12.8. The molecule has 0 aliphatic heterocycles. The zero-order valence-electron chi connectivity index (χ0n) is 13.8. The first-order chi connectivity index (χ1) is 10.1. The summed E-state index contributed by atoms with van der Waals surface area (Å²) in [5.74, 6) is 0.997. The molecule has 21 heavy (non-hydrogen) atoms. The summed E-state index contributed by atoms with van der Waals surface area (Å²) in [5, 5.41) is 3.14. The lowest BCUT2D eigenvalue weighted by atomic mass is 9.84. The van der Waals surface area contributed by atoms with Crippen molar-refractivity contribution in [3.05, 3.63) is 29.3 Å². The van der Waals surface area contributed by atoms with Gasteiger partial charge >= 0.3 is 0 Å². The Hall–Kier alpha value is -1.51. The van der Waals surface area contributed by atoms with Crippen molar-refractivity contribution in [3.63, 3.8) is 0 Å². The molecule has 0 saturated heterocycles. The number of hydrogen-bond acceptors (Lipinski definition) is 2. The smallest absolute Gasteiger partial charge is 0.255 e. The molecular formula is C18H28N2O. The van der Waals surface area contributed by atoms with Gasteiger partial charge in [0, 0.05) is 25.8 Å². The van der Waals surface area contributed by atoms with E-state index < -0.39 is 0 Å². The molecule has 0 radical (unpaired) electrons. The number of hydrogen-bond donors (Lipinski definition) is 1. The second kappa shape index (κ2) is 6.97. The molecule has 0 aromatic heterocycles. The molecule has 116 valence electrons. The number of aryl methyl sites for hydroxylation is 1. The molecule has 1 aliphatic carbocycles. The minimum atomic E-state index is 0.138. The van der Waals surface area contributed by atoms with E-state index in [1.54, 1.807) is 0 Å². The summed E-state index contributed by atoms with van der Waals surface area (Å²) < 4.78 is 0. The fraction of sp³-hybridized carbons (Fsp3) is 0.611. The molecule has 1 aliphatic rings. The summed E-state index contributed by atoms with van der Waals surface area (Å²) in [7, 11) is 3.83. The van der Waals surface area contributed by atoms with Gasteiger partial charge < -0.3 is 10.2 Å². The number of rotatable bonds is 4. The zero-order valence-corrected chi connectivity index (χ0v) is 13.8. The molecule has 1 N–H and O–H groups in total. The average Bonchev–Trinajstić information content (AvgIpc) is 2.53. The maximum Gasteiger partial charge on any atom is 0.255 e. The minimum absolute atomic E-state index is 0.138. The Morgan fingerprint density at radius 1 is 1.29 bits per heavy atom. The van der Waals surface area contributed by atoms with Crippen LogP contribution in [-0.4, -0.2) is 30.9 Å². The van der Waals surface area contributed by atoms with Crippen molar-refractivity contribution < 1.29 is 4.79 Å². The number of nitrogens with zero attached hydrogens (tertiary/aromatic N) is 1. The lowest BCUT2D eigenvalue weighted by Gasteiger charge is -2.34. The Morgan fingerprint density at radius 3 is 2.52 bits per heavy atom. The molecule has 1 aromatic carbocycles. The fourth-order valence-electron chi connectivity index (χ4n) is 3.35. The van der Waals surface area contributed by atoms with Crippen LogP contribution in [0, 0.1) is 12.8 Å². The Kier molecular flexibility index (Phi) is 5.27. The topological polar surface area (TPSA) is 32.3 Å². The van der Waals surface area contributed by atoms with Crippen molar-refractivity contribution in [2.75, 3.05) is 19.4 Å². The zero-order chi connectivity index (χ0) is 15.4. The highest BCUT2D eigenvalue weighted by molar-refractivity contribution is 5.99. The monoisotopic (exact) mass is 288 g/mol. The van der Waals surface area contributed by atoms with Crippen LogP contribution in [0.5, 0.6) is 0 Å². The standard InChI is InChI=1S/C18H28N2O/c1-5-14-7-9-15(10-8-14)20(4)18(21)16-11-6-13(2)12-17(16)19-3/h6,11-12,14-15,19H,5,7-10H2,1-4H3. The summed E-state index contributed by atoms with van der Waals surface area (Å²) in [6.07, 6.45) is 6.06. The van der Waals surface area contributed by atoms with Crippen LogP contribution in [0.2, 0.25) is 0 Å². The van der Waals surface area contributed by atoms with Gasteiger partial charge in [-0.3, -0.25) is 4.79 Å². The van der Waals surface area contributed by atoms with Gasteiger partial charge in [0.25, 0.3) is 5.91 Å². The highest BCUT2D eigenvalue weighted by atomic mass is 16.2. The number of anilines is 1. The Morgan fingerprint density at radius 2 is 1.95 bits per heavy atom. The average molecular weight is 288 g/mol. The second-order valence-electron chi connectivity index (χ2n) is 6.30. The number of carbonyl (C=O) groups is 1. The van der Waals surface area contributed by atoms with Crippen LogP contribution in [0.3, 0.4) is 0 Å². The molecule has 0 heterocycles. The summed E-state index contributed by atoms with van der Waals surface area (Å²) in [4.78, 5) is 14.7. The SMILES string of the molecule is CCC1CCC(N(C)C(=O)c2ccc(C)cc2NC)CC1. The number of amides is 1. The van der Waals surface area contributed by atoms with E-state index in [4.69, 9.17) is 0 Å². The van der Waals surface area contributed by atoms with E-state index in [1.165, 1.54) is 24.8 Å². The van der Waals surface area contributed by atoms with E-state index >= 15 is 0 Å². The van der Waals surface area contributed by atoms with E-state index in [2.05, 4.69) is 12.2 Å². The van der Waals surface area contributed by atoms with Crippen molar-refractivity contribution in [1.29, 1.82) is 0 Å². The summed E-state index contributed by atoms with van der Waals surface area (Å²) in [5.41, 5.74) is 2.87. The Bertz CT molecular complexity index is 490. The van der Waals surface area contributed by atoms with Gasteiger partial charge in [-0.25, -0.2) is 0 Å². The maximum absolute atomic E-state index is 12.8. The van der Waals surface area contributed by atoms with Gasteiger partial charge in [0.1, 0.15) is 0 Å². The predicted octanol–water partition coefficient (Wildman–Crippen LogP) is 4.08. The summed E-state index contributed by atoms with van der Waals surface area (Å²) in [6.45, 7) is 4.32. The summed E-state index contributed by atoms with van der Waals surface area (Å²) in [6, 6.07) is 6.38. The third-order valence-electron chi connectivity index (χ3n) is 4.94. The van der Waals surface area contributed by atoms with Crippen LogP contribution in [0.15, 0.2) is 18.2 Å². The molecular weight excluding hydrogens is 260 g/mol. The molecule has 1 aromatic rings. The first-order valence-electron chi connectivity index (χ1n) is 8.12. The molecule has 1 saturated carbocycles. The number of carbonyl (C=O) groups excluding carboxylic acids is 1. The first-order valence-corrected chi connectivity index (χ1v) is 8.12. The largest absolute Gasteiger partial charge is 0.387 e. The van der Waals surface area contributed by atoms with Crippen LogP contribution in [0.25, 0.3) is 0 Å². The minimum Gasteiger partial charge on any atom is -0.387 e. The van der Waals surface area contributed by atoms with Crippen LogP contribution in [0.1, 0.15) is 54.9 Å². The van der Waals surface area contributed by atoms with Gasteiger partial charge in [-0.1, -0.05) is 19.4 Å². The normalized spacial score (nSPS) is 21.9. The molecule has 3 heteroatoms. The van der Waals surface area contributed by atoms with Gasteiger partial charge in [-0.15, -0.1) is 0 Å². The van der Waals surface area contributed by atoms with Gasteiger partial charge in [-0.2, -0.15) is 0 Å². The highest BCUT2D eigenvalue weighted by Crippen LogP contribution is 2.30. The number of nitrogens with one attached hydrogen (secondary N) is 1. The van der Waals surface area contributed by atoms with Gasteiger partial charge in [-0.05, 0) is 56.2 Å². The Balaban J connectivity index is 2.09. The van der Waals surface area contributed by atoms with Crippen molar-refractivity contribution in [2.45, 2.75) is 52.0 Å². The van der Waals surface area contributed by atoms with E-state index in [-0.39, 0.29) is 5.91 Å². The van der Waals surface area contributed by atoms with Crippen LogP contribution in [0.4, 0.5) is 5.69 Å². The van der Waals surface area contributed by atoms with Crippen molar-refractivity contribution >= 4 is 11.6 Å². The third-order valence-corrected chi connectivity index (χ3v) is 4.94. The van der Waals surface area contributed by atoms with E-state index in [0.29, 0.717) is 6.04 Å². The molecule has 1 fully saturated rings. The van der Waals surface area contributed by atoms with Crippen LogP contribution in [-0.2, 0) is 0 Å². The molecule has 0 bridgehead atoms. The molecule has 1 amide bonds. The second-order valence-corrected chi connectivity index (χ2v) is 6.30. The lowest BCUT2D eigenvalue weighted by molar-refractivity contribution is 0.0675. The third kappa shape index (κ3) is 3.58. The van der Waals surface area contributed by atoms with Gasteiger partial charge in [0.15, 0.2) is 0 Å². The first kappa shape index (κ1) is 15.9. The van der Waals surface area contributed by atoms with Crippen molar-refractivity contribution in [1.82, 2.24) is 4.90 Å². The predicted molar refractivity (Wildman–Crippen MR) is 88.9 cm³/mol. The van der Waals surface area contributed by atoms with Gasteiger partial charge in [0.2, 0.25) is 0 Å². The van der Waals surface area contributed by atoms with Crippen molar-refractivity contribution in [2.24, 2.45) is 5.92 Å². The molecule has 0 unspecified atom stereocenters. The van der Waals surface area contributed by atoms with Crippen molar-refractivity contribution in [3.8, 4) is 0 Å². The molecule has 2 rings (SSSR count). The molecule has 3 nitrogen and oxygen atoms in total. The fourth-order valence-corrected chi connectivity index (χ4v) is 3.35. The lowest BCUT2D eigenvalue weighted by Crippen LogP contribution is -2.39. The van der Waals surface area contributed by atoms with Crippen LogP contribution < -0.4 is 5.32 Å².